The second-order valence-corrected chi connectivity index (χ2v) is 5.84. The van der Waals surface area contributed by atoms with Crippen molar-refractivity contribution in [1.29, 1.82) is 0 Å². The first kappa shape index (κ1) is 15.3. The van der Waals surface area contributed by atoms with Crippen LogP contribution in [0.2, 0.25) is 0 Å². The van der Waals surface area contributed by atoms with E-state index in [4.69, 9.17) is 12.2 Å². The monoisotopic (exact) mass is 291 g/mol. The number of benzene rings is 1. The van der Waals surface area contributed by atoms with E-state index in [1.807, 2.05) is 6.07 Å². The zero-order valence-electron chi connectivity index (χ0n) is 12.3. The number of rotatable bonds is 5. The van der Waals surface area contributed by atoms with Gasteiger partial charge in [-0.2, -0.15) is 0 Å². The molecule has 0 saturated carbocycles. The minimum atomic E-state index is 0.242. The van der Waals surface area contributed by atoms with Crippen LogP contribution < -0.4 is 10.6 Å². The van der Waals surface area contributed by atoms with E-state index in [9.17, 15) is 0 Å². The van der Waals surface area contributed by atoms with Crippen LogP contribution >= 0.6 is 12.2 Å². The fraction of sp³-hybridized carbons (Fsp3) is 0.562. The van der Waals surface area contributed by atoms with Gasteiger partial charge in [-0.25, -0.2) is 0 Å². The number of piperidine rings is 1. The van der Waals surface area contributed by atoms with Gasteiger partial charge in [0.1, 0.15) is 0 Å². The molecule has 110 valence electrons. The first-order valence-electron chi connectivity index (χ1n) is 7.57. The van der Waals surface area contributed by atoms with Gasteiger partial charge in [-0.3, -0.25) is 0 Å². The van der Waals surface area contributed by atoms with E-state index in [2.05, 4.69) is 46.7 Å². The molecule has 1 aromatic carbocycles. The molecule has 1 aromatic rings. The highest BCUT2D eigenvalue weighted by molar-refractivity contribution is 7.80. The van der Waals surface area contributed by atoms with Crippen LogP contribution in [0, 0.1) is 0 Å². The average molecular weight is 291 g/mol. The van der Waals surface area contributed by atoms with E-state index < -0.39 is 0 Å². The summed E-state index contributed by atoms with van der Waals surface area (Å²) in [4.78, 5) is 2.51. The lowest BCUT2D eigenvalue weighted by Gasteiger charge is -2.26. The molecule has 1 saturated heterocycles. The summed E-state index contributed by atoms with van der Waals surface area (Å²) in [5.41, 5.74) is 1.26. The van der Waals surface area contributed by atoms with Gasteiger partial charge >= 0.3 is 0 Å². The van der Waals surface area contributed by atoms with Gasteiger partial charge in [0.25, 0.3) is 0 Å². The largest absolute Gasteiger partial charge is 0.361 e. The van der Waals surface area contributed by atoms with Crippen molar-refractivity contribution in [3.8, 4) is 0 Å². The molecule has 20 heavy (non-hydrogen) atoms. The van der Waals surface area contributed by atoms with Gasteiger partial charge in [-0.1, -0.05) is 36.8 Å². The average Bonchev–Trinajstić information content (AvgIpc) is 2.49. The molecule has 0 spiro atoms. The van der Waals surface area contributed by atoms with Crippen molar-refractivity contribution in [3.63, 3.8) is 0 Å². The lowest BCUT2D eigenvalue weighted by molar-refractivity contribution is 0.232. The van der Waals surface area contributed by atoms with Crippen LogP contribution in [0.25, 0.3) is 0 Å². The van der Waals surface area contributed by atoms with Crippen LogP contribution in [-0.2, 0) is 0 Å². The first-order valence-corrected chi connectivity index (χ1v) is 7.98. The Morgan fingerprint density at radius 2 is 1.90 bits per heavy atom. The van der Waals surface area contributed by atoms with Crippen molar-refractivity contribution in [3.05, 3.63) is 35.9 Å². The highest BCUT2D eigenvalue weighted by Crippen LogP contribution is 2.10. The topological polar surface area (TPSA) is 27.3 Å². The molecule has 1 fully saturated rings. The fourth-order valence-corrected chi connectivity index (χ4v) is 2.86. The normalized spacial score (nSPS) is 17.4. The van der Waals surface area contributed by atoms with E-state index in [0.717, 1.165) is 18.2 Å². The number of hydrogen-bond donors (Lipinski definition) is 2. The van der Waals surface area contributed by atoms with Crippen molar-refractivity contribution in [2.75, 3.05) is 26.2 Å². The summed E-state index contributed by atoms with van der Waals surface area (Å²) in [6.45, 7) is 6.62. The van der Waals surface area contributed by atoms with Gasteiger partial charge in [0.15, 0.2) is 5.11 Å². The van der Waals surface area contributed by atoms with Crippen LogP contribution in [0.3, 0.4) is 0 Å². The summed E-state index contributed by atoms with van der Waals surface area (Å²) in [7, 11) is 0. The van der Waals surface area contributed by atoms with Crippen LogP contribution in [0.15, 0.2) is 30.3 Å². The van der Waals surface area contributed by atoms with Crippen molar-refractivity contribution >= 4 is 17.3 Å². The number of hydrogen-bond acceptors (Lipinski definition) is 2. The molecule has 0 unspecified atom stereocenters. The summed E-state index contributed by atoms with van der Waals surface area (Å²) in [6, 6.07) is 10.6. The number of likely N-dealkylation sites (tertiary alicyclic amines) is 1. The van der Waals surface area contributed by atoms with Crippen LogP contribution in [0.5, 0.6) is 0 Å². The predicted molar refractivity (Wildman–Crippen MR) is 88.9 cm³/mol. The predicted octanol–water partition coefficient (Wildman–Crippen LogP) is 2.70. The zero-order chi connectivity index (χ0) is 14.2. The highest BCUT2D eigenvalue weighted by Gasteiger charge is 2.10. The highest BCUT2D eigenvalue weighted by atomic mass is 32.1. The quantitative estimate of drug-likeness (QED) is 0.816. The molecule has 1 aliphatic heterocycles. The van der Waals surface area contributed by atoms with E-state index >= 15 is 0 Å². The Morgan fingerprint density at radius 3 is 2.60 bits per heavy atom. The van der Waals surface area contributed by atoms with Gasteiger partial charge in [-0.15, -0.1) is 0 Å². The molecular weight excluding hydrogens is 266 g/mol. The molecule has 1 heterocycles. The van der Waals surface area contributed by atoms with Crippen molar-refractivity contribution in [1.82, 2.24) is 15.5 Å². The zero-order valence-corrected chi connectivity index (χ0v) is 13.1. The minimum Gasteiger partial charge on any atom is -0.361 e. The van der Waals surface area contributed by atoms with Gasteiger partial charge in [-0.05, 0) is 50.6 Å². The SMILES string of the molecule is C[C@H](NC(=S)NCCN1CCCCC1)c1ccccc1. The number of thiocarbonyl (C=S) groups is 1. The number of nitrogens with zero attached hydrogens (tertiary/aromatic N) is 1. The summed E-state index contributed by atoms with van der Waals surface area (Å²) in [5, 5.41) is 7.39. The minimum absolute atomic E-state index is 0.242. The lowest BCUT2D eigenvalue weighted by atomic mass is 10.1. The maximum Gasteiger partial charge on any atom is 0.166 e. The van der Waals surface area contributed by atoms with Crippen molar-refractivity contribution in [2.45, 2.75) is 32.2 Å². The van der Waals surface area contributed by atoms with E-state index in [1.165, 1.54) is 37.9 Å². The molecule has 3 nitrogen and oxygen atoms in total. The lowest BCUT2D eigenvalue weighted by Crippen LogP contribution is -2.42. The third-order valence-electron chi connectivity index (χ3n) is 3.81. The van der Waals surface area contributed by atoms with E-state index in [0.29, 0.717) is 0 Å². The third kappa shape index (κ3) is 5.10. The van der Waals surface area contributed by atoms with Crippen molar-refractivity contribution in [2.24, 2.45) is 0 Å². The third-order valence-corrected chi connectivity index (χ3v) is 4.07. The van der Waals surface area contributed by atoms with Gasteiger partial charge in [0, 0.05) is 13.1 Å². The molecule has 4 heteroatoms. The van der Waals surface area contributed by atoms with Crippen LogP contribution in [0.4, 0.5) is 0 Å². The molecule has 2 N–H and O–H groups in total. The molecule has 0 aromatic heterocycles. The summed E-state index contributed by atoms with van der Waals surface area (Å²) in [5.74, 6) is 0. The molecular formula is C16H25N3S. The summed E-state index contributed by atoms with van der Waals surface area (Å²) >= 11 is 5.36. The Morgan fingerprint density at radius 1 is 1.20 bits per heavy atom. The van der Waals surface area contributed by atoms with Crippen LogP contribution in [0.1, 0.15) is 37.8 Å². The Kier molecular flexibility index (Phi) is 6.27. The van der Waals surface area contributed by atoms with E-state index in [1.54, 1.807) is 0 Å². The Bertz CT molecular complexity index is 401. The second kappa shape index (κ2) is 8.22. The van der Waals surface area contributed by atoms with E-state index in [-0.39, 0.29) is 6.04 Å². The molecule has 0 bridgehead atoms. The summed E-state index contributed by atoms with van der Waals surface area (Å²) in [6.07, 6.45) is 4.07. The molecule has 0 radical (unpaired) electrons. The summed E-state index contributed by atoms with van der Waals surface area (Å²) < 4.78 is 0. The Balaban J connectivity index is 1.65. The molecule has 2 rings (SSSR count). The molecule has 0 amide bonds. The standard InChI is InChI=1S/C16H25N3S/c1-14(15-8-4-2-5-9-15)18-16(20)17-10-13-19-11-6-3-7-12-19/h2,4-5,8-9,14H,3,6-7,10-13H2,1H3,(H2,17,18,20)/t14-/m0/s1. The van der Waals surface area contributed by atoms with Crippen molar-refractivity contribution < 1.29 is 0 Å². The first-order chi connectivity index (χ1) is 9.75. The number of nitrogens with one attached hydrogen (secondary N) is 2. The van der Waals surface area contributed by atoms with Gasteiger partial charge in [0.05, 0.1) is 6.04 Å². The molecule has 1 aliphatic rings. The smallest absolute Gasteiger partial charge is 0.166 e. The molecule has 1 atom stereocenters. The van der Waals surface area contributed by atoms with Crippen LogP contribution in [-0.4, -0.2) is 36.2 Å². The molecule has 0 aliphatic carbocycles. The Labute approximate surface area is 127 Å². The Hall–Kier alpha value is -1.13. The van der Waals surface area contributed by atoms with Gasteiger partial charge in [0.2, 0.25) is 0 Å². The second-order valence-electron chi connectivity index (χ2n) is 5.43. The maximum absolute atomic E-state index is 5.36. The van der Waals surface area contributed by atoms with Gasteiger partial charge < -0.3 is 15.5 Å². The fourth-order valence-electron chi connectivity index (χ4n) is 2.58. The maximum atomic E-state index is 5.36.